The highest BCUT2D eigenvalue weighted by Crippen LogP contribution is 2.22. The molecule has 84 valence electrons. The van der Waals surface area contributed by atoms with Gasteiger partial charge < -0.3 is 5.32 Å². The summed E-state index contributed by atoms with van der Waals surface area (Å²) in [6, 6.07) is 0. The number of alkyl halides is 1. The van der Waals surface area contributed by atoms with E-state index in [0.717, 1.165) is 5.01 Å². The molecule has 1 aromatic rings. The van der Waals surface area contributed by atoms with Gasteiger partial charge in [-0.2, -0.15) is 0 Å². The van der Waals surface area contributed by atoms with E-state index in [2.05, 4.69) is 15.5 Å². The van der Waals surface area contributed by atoms with E-state index in [1.54, 1.807) is 0 Å². The molecule has 1 rings (SSSR count). The van der Waals surface area contributed by atoms with Crippen molar-refractivity contribution >= 4 is 34.0 Å². The lowest BCUT2D eigenvalue weighted by Crippen LogP contribution is -2.10. The molecule has 6 heteroatoms. The van der Waals surface area contributed by atoms with Gasteiger partial charge in [0.1, 0.15) is 5.01 Å². The van der Waals surface area contributed by atoms with Crippen LogP contribution in [0, 0.1) is 0 Å². The Morgan fingerprint density at radius 2 is 2.27 bits per heavy atom. The normalized spacial score (nSPS) is 10.7. The first kappa shape index (κ1) is 12.4. The van der Waals surface area contributed by atoms with E-state index >= 15 is 0 Å². The summed E-state index contributed by atoms with van der Waals surface area (Å²) in [6.07, 6.45) is 1.11. The Kier molecular flexibility index (Phi) is 4.98. The summed E-state index contributed by atoms with van der Waals surface area (Å²) in [5, 5.41) is 12.1. The highest BCUT2D eigenvalue weighted by Gasteiger charge is 2.09. The zero-order valence-corrected chi connectivity index (χ0v) is 10.4. The highest BCUT2D eigenvalue weighted by atomic mass is 35.5. The second-order valence-corrected chi connectivity index (χ2v) is 4.83. The minimum Gasteiger partial charge on any atom is -0.301 e. The Morgan fingerprint density at radius 1 is 1.53 bits per heavy atom. The third-order valence-corrected chi connectivity index (χ3v) is 3.12. The third-order valence-electron chi connectivity index (χ3n) is 1.72. The Bertz CT molecular complexity index is 327. The van der Waals surface area contributed by atoms with Gasteiger partial charge in [-0.1, -0.05) is 25.2 Å². The number of hydrogen-bond donors (Lipinski definition) is 1. The summed E-state index contributed by atoms with van der Waals surface area (Å²) in [4.78, 5) is 11.3. The zero-order chi connectivity index (χ0) is 11.3. The molecular weight excluding hydrogens is 234 g/mol. The van der Waals surface area contributed by atoms with Crippen molar-refractivity contribution in [2.75, 3.05) is 11.2 Å². The molecule has 0 atom stereocenters. The van der Waals surface area contributed by atoms with Crippen LogP contribution >= 0.6 is 22.9 Å². The predicted molar refractivity (Wildman–Crippen MR) is 62.6 cm³/mol. The van der Waals surface area contributed by atoms with Gasteiger partial charge in [0.05, 0.1) is 0 Å². The standard InChI is InChI=1S/C9H14ClN3OS/c1-6(2)8-12-13-9(15-8)11-7(14)4-3-5-10/h6H,3-5H2,1-2H3,(H,11,13,14). The molecule has 0 aliphatic carbocycles. The van der Waals surface area contributed by atoms with Gasteiger partial charge in [0, 0.05) is 18.2 Å². The summed E-state index contributed by atoms with van der Waals surface area (Å²) in [7, 11) is 0. The van der Waals surface area contributed by atoms with Gasteiger partial charge >= 0.3 is 0 Å². The number of halogens is 1. The average molecular weight is 248 g/mol. The molecule has 0 fully saturated rings. The molecular formula is C9H14ClN3OS. The lowest BCUT2D eigenvalue weighted by atomic mass is 10.2. The molecule has 0 aliphatic heterocycles. The van der Waals surface area contributed by atoms with E-state index in [1.807, 2.05) is 13.8 Å². The molecule has 4 nitrogen and oxygen atoms in total. The maximum Gasteiger partial charge on any atom is 0.226 e. The van der Waals surface area contributed by atoms with Crippen LogP contribution in [0.1, 0.15) is 37.6 Å². The smallest absolute Gasteiger partial charge is 0.226 e. The molecule has 0 saturated carbocycles. The molecule has 0 spiro atoms. The van der Waals surface area contributed by atoms with Crippen LogP contribution in [0.3, 0.4) is 0 Å². The second-order valence-electron chi connectivity index (χ2n) is 3.44. The van der Waals surface area contributed by atoms with Crippen LogP contribution in [0.5, 0.6) is 0 Å². The van der Waals surface area contributed by atoms with Gasteiger partial charge in [0.2, 0.25) is 11.0 Å². The van der Waals surface area contributed by atoms with Crippen LogP contribution in [-0.4, -0.2) is 22.0 Å². The average Bonchev–Trinajstić information content (AvgIpc) is 2.63. The summed E-state index contributed by atoms with van der Waals surface area (Å²) < 4.78 is 0. The molecule has 0 saturated heterocycles. The number of nitrogens with zero attached hydrogens (tertiary/aromatic N) is 2. The fourth-order valence-electron chi connectivity index (χ4n) is 0.928. The van der Waals surface area contributed by atoms with E-state index in [1.165, 1.54) is 11.3 Å². The summed E-state index contributed by atoms with van der Waals surface area (Å²) >= 11 is 6.90. The maximum atomic E-state index is 11.3. The van der Waals surface area contributed by atoms with Crippen LogP contribution < -0.4 is 5.32 Å². The Balaban J connectivity index is 2.46. The number of nitrogens with one attached hydrogen (secondary N) is 1. The maximum absolute atomic E-state index is 11.3. The molecule has 1 amide bonds. The van der Waals surface area contributed by atoms with Crippen LogP contribution in [0.4, 0.5) is 5.13 Å². The van der Waals surface area contributed by atoms with Crippen molar-refractivity contribution in [3.05, 3.63) is 5.01 Å². The van der Waals surface area contributed by atoms with Crippen molar-refractivity contribution in [2.45, 2.75) is 32.6 Å². The first-order chi connectivity index (χ1) is 7.13. The fraction of sp³-hybridized carbons (Fsp3) is 0.667. The largest absolute Gasteiger partial charge is 0.301 e. The number of hydrogen-bond acceptors (Lipinski definition) is 4. The molecule has 1 aromatic heterocycles. The van der Waals surface area contributed by atoms with E-state index in [9.17, 15) is 4.79 Å². The quantitative estimate of drug-likeness (QED) is 0.814. The number of carbonyl (C=O) groups excluding carboxylic acids is 1. The van der Waals surface area contributed by atoms with Gasteiger partial charge in [0.25, 0.3) is 0 Å². The first-order valence-corrected chi connectivity index (χ1v) is 6.17. The number of rotatable bonds is 5. The summed E-state index contributed by atoms with van der Waals surface area (Å²) in [5.41, 5.74) is 0. The first-order valence-electron chi connectivity index (χ1n) is 4.82. The number of aromatic nitrogens is 2. The Hall–Kier alpha value is -0.680. The van der Waals surface area contributed by atoms with Crippen LogP contribution in [-0.2, 0) is 4.79 Å². The zero-order valence-electron chi connectivity index (χ0n) is 8.79. The molecule has 1 heterocycles. The Labute approximate surface area is 98.0 Å². The van der Waals surface area contributed by atoms with Crippen molar-refractivity contribution in [3.8, 4) is 0 Å². The monoisotopic (exact) mass is 247 g/mol. The van der Waals surface area contributed by atoms with E-state index in [4.69, 9.17) is 11.6 Å². The van der Waals surface area contributed by atoms with Crippen molar-refractivity contribution in [2.24, 2.45) is 0 Å². The molecule has 15 heavy (non-hydrogen) atoms. The third kappa shape index (κ3) is 4.13. The molecule has 0 aliphatic rings. The predicted octanol–water partition coefficient (Wildman–Crippen LogP) is 2.62. The van der Waals surface area contributed by atoms with Crippen LogP contribution in [0.25, 0.3) is 0 Å². The van der Waals surface area contributed by atoms with Gasteiger partial charge in [0.15, 0.2) is 0 Å². The van der Waals surface area contributed by atoms with E-state index in [0.29, 0.717) is 29.8 Å². The van der Waals surface area contributed by atoms with E-state index in [-0.39, 0.29) is 5.91 Å². The summed E-state index contributed by atoms with van der Waals surface area (Å²) in [6.45, 7) is 4.08. The van der Waals surface area contributed by atoms with Gasteiger partial charge in [-0.3, -0.25) is 4.79 Å². The fourth-order valence-corrected chi connectivity index (χ4v) is 1.82. The highest BCUT2D eigenvalue weighted by molar-refractivity contribution is 7.15. The van der Waals surface area contributed by atoms with Crippen LogP contribution in [0.15, 0.2) is 0 Å². The molecule has 0 radical (unpaired) electrons. The molecule has 1 N–H and O–H groups in total. The summed E-state index contributed by atoms with van der Waals surface area (Å²) in [5.74, 6) is 0.791. The van der Waals surface area contributed by atoms with E-state index < -0.39 is 0 Å². The minimum atomic E-state index is -0.0536. The Morgan fingerprint density at radius 3 is 2.80 bits per heavy atom. The SMILES string of the molecule is CC(C)c1nnc(NC(=O)CCCCl)s1. The minimum absolute atomic E-state index is 0.0536. The lowest BCUT2D eigenvalue weighted by Gasteiger charge is -1.98. The van der Waals surface area contributed by atoms with Crippen molar-refractivity contribution in [1.29, 1.82) is 0 Å². The number of anilines is 1. The van der Waals surface area contributed by atoms with Crippen molar-refractivity contribution in [3.63, 3.8) is 0 Å². The van der Waals surface area contributed by atoms with Gasteiger partial charge in [-0.15, -0.1) is 21.8 Å². The second kappa shape index (κ2) is 6.02. The van der Waals surface area contributed by atoms with Crippen LogP contribution in [0.2, 0.25) is 0 Å². The molecule has 0 unspecified atom stereocenters. The van der Waals surface area contributed by atoms with Crippen molar-refractivity contribution in [1.82, 2.24) is 10.2 Å². The number of amides is 1. The number of carbonyl (C=O) groups is 1. The van der Waals surface area contributed by atoms with Crippen molar-refractivity contribution < 1.29 is 4.79 Å². The molecule has 0 aromatic carbocycles. The topological polar surface area (TPSA) is 54.9 Å². The van der Waals surface area contributed by atoms with Gasteiger partial charge in [-0.05, 0) is 6.42 Å². The molecule has 0 bridgehead atoms. The lowest BCUT2D eigenvalue weighted by molar-refractivity contribution is -0.116. The van der Waals surface area contributed by atoms with Gasteiger partial charge in [-0.25, -0.2) is 0 Å².